The average Bonchev–Trinajstić information content (AvgIpc) is 2.91. The quantitative estimate of drug-likeness (QED) is 0.635. The van der Waals surface area contributed by atoms with Gasteiger partial charge in [-0.1, -0.05) is 23.2 Å². The average molecular weight is 361 g/mol. The van der Waals surface area contributed by atoms with E-state index in [1.165, 1.54) is 0 Å². The van der Waals surface area contributed by atoms with E-state index in [0.29, 0.717) is 10.0 Å². The lowest BCUT2D eigenvalue weighted by Crippen LogP contribution is -2.00. The van der Waals surface area contributed by atoms with Crippen molar-refractivity contribution >= 4 is 28.9 Å². The van der Waals surface area contributed by atoms with Gasteiger partial charge in [-0.2, -0.15) is 0 Å². The molecular weight excluding hydrogens is 343 g/mol. The minimum Gasteiger partial charge on any atom is -0.497 e. The van der Waals surface area contributed by atoms with Gasteiger partial charge in [-0.25, -0.2) is 0 Å². The zero-order chi connectivity index (χ0) is 17.3. The zero-order valence-electron chi connectivity index (χ0n) is 13.7. The van der Waals surface area contributed by atoms with Crippen molar-refractivity contribution in [1.82, 2.24) is 4.57 Å². The molecule has 24 heavy (non-hydrogen) atoms. The molecule has 0 spiro atoms. The summed E-state index contributed by atoms with van der Waals surface area (Å²) in [5.74, 6) is 0.823. The summed E-state index contributed by atoms with van der Waals surface area (Å²) in [6, 6.07) is 15.6. The van der Waals surface area contributed by atoms with Gasteiger partial charge in [0.05, 0.1) is 23.5 Å². The van der Waals surface area contributed by atoms with Crippen LogP contribution in [0.5, 0.6) is 5.75 Å². The monoisotopic (exact) mass is 360 g/mol. The second kappa shape index (κ2) is 6.80. The molecule has 0 saturated heterocycles. The van der Waals surface area contributed by atoms with Crippen LogP contribution in [-0.2, 0) is 0 Å². The Hall–Kier alpha value is -2.10. The Labute approximate surface area is 151 Å². The van der Waals surface area contributed by atoms with Gasteiger partial charge in [-0.3, -0.25) is 0 Å². The topological polar surface area (TPSA) is 26.2 Å². The molecule has 1 aromatic heterocycles. The Morgan fingerprint density at radius 1 is 1.00 bits per heavy atom. The highest BCUT2D eigenvalue weighted by molar-refractivity contribution is 6.36. The van der Waals surface area contributed by atoms with Crippen LogP contribution in [0, 0.1) is 6.92 Å². The van der Waals surface area contributed by atoms with E-state index >= 15 is 0 Å². The zero-order valence-corrected chi connectivity index (χ0v) is 15.2. The molecule has 0 aliphatic rings. The fourth-order valence-electron chi connectivity index (χ4n) is 2.82. The van der Waals surface area contributed by atoms with E-state index in [1.807, 2.05) is 43.4 Å². The number of hydrogen-bond acceptors (Lipinski definition) is 2. The summed E-state index contributed by atoms with van der Waals surface area (Å²) in [7, 11) is 3.57. The Morgan fingerprint density at radius 2 is 1.71 bits per heavy atom. The first-order valence-corrected chi connectivity index (χ1v) is 8.30. The van der Waals surface area contributed by atoms with Crippen LogP contribution in [0.25, 0.3) is 16.9 Å². The molecule has 0 fully saturated rings. The molecular formula is C19H18Cl2N2O. The lowest BCUT2D eigenvalue weighted by Gasteiger charge is -2.14. The van der Waals surface area contributed by atoms with Gasteiger partial charge in [0.1, 0.15) is 5.75 Å². The van der Waals surface area contributed by atoms with Crippen LogP contribution in [-0.4, -0.2) is 18.7 Å². The van der Waals surface area contributed by atoms with Crippen LogP contribution >= 0.6 is 23.2 Å². The molecule has 0 aliphatic heterocycles. The summed E-state index contributed by atoms with van der Waals surface area (Å²) < 4.78 is 7.42. The van der Waals surface area contributed by atoms with Crippen molar-refractivity contribution in [3.05, 3.63) is 64.3 Å². The fraction of sp³-hybridized carbons (Fsp3) is 0.158. The van der Waals surface area contributed by atoms with Crippen molar-refractivity contribution in [3.63, 3.8) is 0 Å². The Balaban J connectivity index is 2.22. The number of nitrogens with one attached hydrogen (secondary N) is 1. The molecule has 0 bridgehead atoms. The van der Waals surface area contributed by atoms with Crippen molar-refractivity contribution in [3.8, 4) is 22.7 Å². The van der Waals surface area contributed by atoms with Crippen LogP contribution in [0.4, 0.5) is 5.69 Å². The van der Waals surface area contributed by atoms with E-state index in [1.54, 1.807) is 13.2 Å². The predicted molar refractivity (Wildman–Crippen MR) is 102 cm³/mol. The molecule has 3 nitrogen and oxygen atoms in total. The van der Waals surface area contributed by atoms with E-state index in [-0.39, 0.29) is 0 Å². The van der Waals surface area contributed by atoms with Crippen LogP contribution in [0.3, 0.4) is 0 Å². The van der Waals surface area contributed by atoms with Gasteiger partial charge in [0, 0.05) is 29.0 Å². The molecule has 124 valence electrons. The van der Waals surface area contributed by atoms with Crippen molar-refractivity contribution in [1.29, 1.82) is 0 Å². The second-order valence-corrected chi connectivity index (χ2v) is 6.28. The maximum atomic E-state index is 6.44. The second-order valence-electron chi connectivity index (χ2n) is 5.44. The SMILES string of the molecule is CNc1cc(-c2ccc(Cl)cc2Cl)n(-c2ccc(OC)cc2)c1C. The molecule has 1 heterocycles. The third kappa shape index (κ3) is 2.97. The lowest BCUT2D eigenvalue weighted by molar-refractivity contribution is 0.414. The highest BCUT2D eigenvalue weighted by atomic mass is 35.5. The van der Waals surface area contributed by atoms with E-state index < -0.39 is 0 Å². The summed E-state index contributed by atoms with van der Waals surface area (Å²) in [6.45, 7) is 2.07. The number of hydrogen-bond donors (Lipinski definition) is 1. The van der Waals surface area contributed by atoms with Gasteiger partial charge in [0.25, 0.3) is 0 Å². The van der Waals surface area contributed by atoms with Gasteiger partial charge in [0.2, 0.25) is 0 Å². The summed E-state index contributed by atoms with van der Waals surface area (Å²) in [4.78, 5) is 0. The summed E-state index contributed by atoms with van der Waals surface area (Å²) in [6.07, 6.45) is 0. The van der Waals surface area contributed by atoms with Crippen LogP contribution in [0.15, 0.2) is 48.5 Å². The molecule has 3 rings (SSSR count). The number of halogens is 2. The first-order valence-electron chi connectivity index (χ1n) is 7.55. The standard InChI is InChI=1S/C19H18Cl2N2O/c1-12-18(22-2)11-19(16-9-4-13(20)10-17(16)21)23(12)14-5-7-15(24-3)8-6-14/h4-11,22H,1-3H3. The van der Waals surface area contributed by atoms with E-state index in [4.69, 9.17) is 27.9 Å². The van der Waals surface area contributed by atoms with Gasteiger partial charge in [-0.15, -0.1) is 0 Å². The minimum atomic E-state index is 0.622. The van der Waals surface area contributed by atoms with Gasteiger partial charge in [-0.05, 0) is 55.5 Å². The van der Waals surface area contributed by atoms with Gasteiger partial charge in [0.15, 0.2) is 0 Å². The molecule has 2 aromatic carbocycles. The number of rotatable bonds is 4. The first-order chi connectivity index (χ1) is 11.5. The van der Waals surface area contributed by atoms with Crippen molar-refractivity contribution in [2.24, 2.45) is 0 Å². The predicted octanol–water partition coefficient (Wildman–Crippen LogP) is 5.81. The van der Waals surface area contributed by atoms with Gasteiger partial charge < -0.3 is 14.6 Å². The molecule has 0 saturated carbocycles. The Morgan fingerprint density at radius 3 is 2.29 bits per heavy atom. The van der Waals surface area contributed by atoms with Crippen molar-refractivity contribution in [2.75, 3.05) is 19.5 Å². The Bertz CT molecular complexity index is 870. The first kappa shape index (κ1) is 16.7. The highest BCUT2D eigenvalue weighted by Gasteiger charge is 2.16. The molecule has 3 aromatic rings. The summed E-state index contributed by atoms with van der Waals surface area (Å²) >= 11 is 12.5. The number of anilines is 1. The number of benzene rings is 2. The van der Waals surface area contributed by atoms with E-state index in [0.717, 1.165) is 34.1 Å². The molecule has 0 unspecified atom stereocenters. The van der Waals surface area contributed by atoms with Crippen LogP contribution < -0.4 is 10.1 Å². The molecule has 0 radical (unpaired) electrons. The fourth-order valence-corrected chi connectivity index (χ4v) is 3.32. The van der Waals surface area contributed by atoms with E-state index in [2.05, 4.69) is 22.9 Å². The number of aromatic nitrogens is 1. The third-order valence-electron chi connectivity index (χ3n) is 4.05. The van der Waals surface area contributed by atoms with Crippen LogP contribution in [0.1, 0.15) is 5.69 Å². The minimum absolute atomic E-state index is 0.622. The highest BCUT2D eigenvalue weighted by Crippen LogP contribution is 2.37. The molecule has 1 N–H and O–H groups in total. The molecule has 0 amide bonds. The van der Waals surface area contributed by atoms with Crippen molar-refractivity contribution < 1.29 is 4.74 Å². The number of ether oxygens (including phenoxy) is 1. The largest absolute Gasteiger partial charge is 0.497 e. The smallest absolute Gasteiger partial charge is 0.119 e. The van der Waals surface area contributed by atoms with Gasteiger partial charge >= 0.3 is 0 Å². The molecule has 0 aliphatic carbocycles. The normalized spacial score (nSPS) is 10.7. The third-order valence-corrected chi connectivity index (χ3v) is 4.60. The lowest BCUT2D eigenvalue weighted by atomic mass is 10.1. The molecule has 5 heteroatoms. The summed E-state index contributed by atoms with van der Waals surface area (Å²) in [5, 5.41) is 4.48. The number of methoxy groups -OCH3 is 1. The maximum Gasteiger partial charge on any atom is 0.119 e. The van der Waals surface area contributed by atoms with E-state index in [9.17, 15) is 0 Å². The molecule has 0 atom stereocenters. The van der Waals surface area contributed by atoms with Crippen LogP contribution in [0.2, 0.25) is 10.0 Å². The van der Waals surface area contributed by atoms with Crippen molar-refractivity contribution in [2.45, 2.75) is 6.92 Å². The Kier molecular flexibility index (Phi) is 4.74. The number of nitrogens with zero attached hydrogens (tertiary/aromatic N) is 1. The summed E-state index contributed by atoms with van der Waals surface area (Å²) in [5.41, 5.74) is 5.12. The maximum absolute atomic E-state index is 6.44.